The van der Waals surface area contributed by atoms with Gasteiger partial charge in [0.05, 0.1) is 11.0 Å². The third-order valence-electron chi connectivity index (χ3n) is 2.05. The molecule has 0 N–H and O–H groups in total. The monoisotopic (exact) mass is 289 g/mol. The van der Waals surface area contributed by atoms with Crippen LogP contribution >= 0.6 is 23.4 Å². The third kappa shape index (κ3) is 4.38. The second-order valence-electron chi connectivity index (χ2n) is 4.14. The number of hydrogen-bond donors (Lipinski definition) is 0. The van der Waals surface area contributed by atoms with E-state index in [1.165, 1.54) is 6.07 Å². The smallest absolute Gasteiger partial charge is 0.311 e. The van der Waals surface area contributed by atoms with Gasteiger partial charge < -0.3 is 4.74 Å². The zero-order valence-corrected chi connectivity index (χ0v) is 12.1. The molecule has 0 bridgehead atoms. The number of halogens is 1. The lowest BCUT2D eigenvalue weighted by Crippen LogP contribution is -2.07. The highest BCUT2D eigenvalue weighted by Gasteiger charge is 2.17. The van der Waals surface area contributed by atoms with E-state index >= 15 is 0 Å². The molecule has 1 aromatic carbocycles. The van der Waals surface area contributed by atoms with Crippen LogP contribution in [0.15, 0.2) is 23.1 Å². The first-order valence-corrected chi connectivity index (χ1v) is 7.03. The van der Waals surface area contributed by atoms with Gasteiger partial charge in [-0.3, -0.25) is 10.1 Å². The summed E-state index contributed by atoms with van der Waals surface area (Å²) >= 11 is 7.32. The van der Waals surface area contributed by atoms with Crippen LogP contribution in [-0.4, -0.2) is 22.2 Å². The maximum Gasteiger partial charge on any atom is 0.311 e. The second kappa shape index (κ2) is 6.85. The van der Waals surface area contributed by atoms with Gasteiger partial charge in [-0.05, 0) is 19.9 Å². The van der Waals surface area contributed by atoms with E-state index in [-0.39, 0.29) is 17.0 Å². The van der Waals surface area contributed by atoms with E-state index in [9.17, 15) is 10.1 Å². The Labute approximate surface area is 116 Å². The number of benzene rings is 1. The van der Waals surface area contributed by atoms with Crippen molar-refractivity contribution in [1.29, 1.82) is 0 Å². The summed E-state index contributed by atoms with van der Waals surface area (Å²) in [4.78, 5) is 11.4. The van der Waals surface area contributed by atoms with E-state index < -0.39 is 4.92 Å². The van der Waals surface area contributed by atoms with Gasteiger partial charge in [0.25, 0.3) is 0 Å². The van der Waals surface area contributed by atoms with Crippen LogP contribution in [0.25, 0.3) is 0 Å². The Morgan fingerprint density at radius 1 is 1.44 bits per heavy atom. The number of hydrogen-bond acceptors (Lipinski definition) is 4. The van der Waals surface area contributed by atoms with Gasteiger partial charge in [-0.25, -0.2) is 0 Å². The standard InChI is InChI=1S/C12H16ClNO3S/c1-8(2)17-12-6-10(18-9(3)7-13)4-5-11(12)14(15)16/h4-6,8-9H,7H2,1-3H3. The second-order valence-corrected chi connectivity index (χ2v) is 5.96. The third-order valence-corrected chi connectivity index (χ3v) is 3.79. The Kier molecular flexibility index (Phi) is 5.75. The van der Waals surface area contributed by atoms with Gasteiger partial charge in [-0.1, -0.05) is 6.92 Å². The molecule has 0 aliphatic rings. The molecular weight excluding hydrogens is 274 g/mol. The molecule has 1 rings (SSSR count). The highest BCUT2D eigenvalue weighted by atomic mass is 35.5. The van der Waals surface area contributed by atoms with E-state index in [1.807, 2.05) is 20.8 Å². The van der Waals surface area contributed by atoms with Crippen LogP contribution in [0.3, 0.4) is 0 Å². The molecule has 0 saturated heterocycles. The predicted octanol–water partition coefficient (Wildman–Crippen LogP) is 4.10. The van der Waals surface area contributed by atoms with Crippen molar-refractivity contribution < 1.29 is 9.66 Å². The van der Waals surface area contributed by atoms with Gasteiger partial charge in [0.1, 0.15) is 0 Å². The zero-order chi connectivity index (χ0) is 13.7. The summed E-state index contributed by atoms with van der Waals surface area (Å²) in [5.74, 6) is 0.837. The van der Waals surface area contributed by atoms with Crippen LogP contribution < -0.4 is 4.74 Å². The van der Waals surface area contributed by atoms with Crippen molar-refractivity contribution in [2.45, 2.75) is 37.0 Å². The summed E-state index contributed by atoms with van der Waals surface area (Å²) in [7, 11) is 0. The van der Waals surface area contributed by atoms with E-state index in [1.54, 1.807) is 23.9 Å². The lowest BCUT2D eigenvalue weighted by atomic mass is 10.3. The molecule has 18 heavy (non-hydrogen) atoms. The minimum Gasteiger partial charge on any atom is -0.484 e. The fraction of sp³-hybridized carbons (Fsp3) is 0.500. The molecule has 0 fully saturated rings. The first-order chi connectivity index (χ1) is 8.43. The van der Waals surface area contributed by atoms with Crippen molar-refractivity contribution >= 4 is 29.1 Å². The number of rotatable bonds is 6. The van der Waals surface area contributed by atoms with Crippen molar-refractivity contribution in [1.82, 2.24) is 0 Å². The summed E-state index contributed by atoms with van der Waals surface area (Å²) < 4.78 is 5.47. The summed E-state index contributed by atoms with van der Waals surface area (Å²) in [5, 5.41) is 11.1. The molecule has 1 aromatic rings. The van der Waals surface area contributed by atoms with Crippen molar-refractivity contribution in [3.05, 3.63) is 28.3 Å². The Morgan fingerprint density at radius 3 is 2.61 bits per heavy atom. The highest BCUT2D eigenvalue weighted by Crippen LogP contribution is 2.34. The predicted molar refractivity (Wildman–Crippen MR) is 74.9 cm³/mol. The van der Waals surface area contributed by atoms with Crippen LogP contribution in [0.5, 0.6) is 5.75 Å². The van der Waals surface area contributed by atoms with Crippen LogP contribution in [0.1, 0.15) is 20.8 Å². The largest absolute Gasteiger partial charge is 0.484 e. The van der Waals surface area contributed by atoms with Crippen LogP contribution in [0, 0.1) is 10.1 Å². The van der Waals surface area contributed by atoms with Gasteiger partial charge in [-0.15, -0.1) is 23.4 Å². The molecule has 1 atom stereocenters. The molecule has 0 saturated carbocycles. The molecule has 0 radical (unpaired) electrons. The summed E-state index contributed by atoms with van der Waals surface area (Å²) in [6, 6.07) is 4.89. The zero-order valence-electron chi connectivity index (χ0n) is 10.6. The fourth-order valence-electron chi connectivity index (χ4n) is 1.33. The topological polar surface area (TPSA) is 52.4 Å². The number of thioether (sulfide) groups is 1. The highest BCUT2D eigenvalue weighted by molar-refractivity contribution is 8.00. The molecule has 100 valence electrons. The maximum atomic E-state index is 10.9. The minimum absolute atomic E-state index is 0.00780. The summed E-state index contributed by atoms with van der Waals surface area (Å²) in [6.07, 6.45) is -0.102. The Hall–Kier alpha value is -0.940. The van der Waals surface area contributed by atoms with Crippen molar-refractivity contribution in [3.63, 3.8) is 0 Å². The number of alkyl halides is 1. The first-order valence-electron chi connectivity index (χ1n) is 5.61. The molecule has 0 amide bonds. The average Bonchev–Trinajstić information content (AvgIpc) is 2.27. The van der Waals surface area contributed by atoms with E-state index in [0.29, 0.717) is 11.6 Å². The lowest BCUT2D eigenvalue weighted by molar-refractivity contribution is -0.386. The Balaban J connectivity index is 3.01. The lowest BCUT2D eigenvalue weighted by Gasteiger charge is -2.12. The molecule has 0 heterocycles. The number of nitro groups is 1. The summed E-state index contributed by atoms with van der Waals surface area (Å²) in [5.41, 5.74) is -0.00780. The molecule has 0 spiro atoms. The van der Waals surface area contributed by atoms with E-state index in [0.717, 1.165) is 4.90 Å². The number of nitro benzene ring substituents is 1. The average molecular weight is 290 g/mol. The van der Waals surface area contributed by atoms with Crippen molar-refractivity contribution in [3.8, 4) is 5.75 Å². The Morgan fingerprint density at radius 2 is 2.11 bits per heavy atom. The minimum atomic E-state index is -0.433. The van der Waals surface area contributed by atoms with Crippen LogP contribution in [0.4, 0.5) is 5.69 Å². The quantitative estimate of drug-likeness (QED) is 0.342. The van der Waals surface area contributed by atoms with E-state index in [2.05, 4.69) is 0 Å². The van der Waals surface area contributed by atoms with Gasteiger partial charge in [0.2, 0.25) is 0 Å². The molecule has 0 aliphatic carbocycles. The molecular formula is C12H16ClNO3S. The number of ether oxygens (including phenoxy) is 1. The van der Waals surface area contributed by atoms with E-state index in [4.69, 9.17) is 16.3 Å². The van der Waals surface area contributed by atoms with Gasteiger partial charge in [0, 0.05) is 28.2 Å². The molecule has 0 aromatic heterocycles. The molecule has 1 unspecified atom stereocenters. The van der Waals surface area contributed by atoms with Gasteiger partial charge in [-0.2, -0.15) is 0 Å². The molecule has 6 heteroatoms. The van der Waals surface area contributed by atoms with Crippen LogP contribution in [0.2, 0.25) is 0 Å². The normalized spacial score (nSPS) is 12.5. The van der Waals surface area contributed by atoms with Crippen molar-refractivity contribution in [2.75, 3.05) is 5.88 Å². The Bertz CT molecular complexity index is 426. The van der Waals surface area contributed by atoms with Gasteiger partial charge >= 0.3 is 5.69 Å². The van der Waals surface area contributed by atoms with Crippen molar-refractivity contribution in [2.24, 2.45) is 0 Å². The van der Waals surface area contributed by atoms with Gasteiger partial charge in [0.15, 0.2) is 5.75 Å². The molecule has 0 aliphatic heterocycles. The molecule has 4 nitrogen and oxygen atoms in total. The SMILES string of the molecule is CC(C)Oc1cc(SC(C)CCl)ccc1[N+](=O)[O-]. The number of nitrogens with zero attached hydrogens (tertiary/aromatic N) is 1. The maximum absolute atomic E-state index is 10.9. The fourth-order valence-corrected chi connectivity index (χ4v) is 2.37. The summed E-state index contributed by atoms with van der Waals surface area (Å²) in [6.45, 7) is 5.68. The van der Waals surface area contributed by atoms with Crippen LogP contribution in [-0.2, 0) is 0 Å². The first kappa shape index (κ1) is 15.1.